The minimum absolute atomic E-state index is 0.0116. The highest BCUT2D eigenvalue weighted by Gasteiger charge is 2.20. The number of halogens is 1. The summed E-state index contributed by atoms with van der Waals surface area (Å²) in [6.45, 7) is 3.60. The molecule has 4 aromatic rings. The molecule has 0 saturated carbocycles. The van der Waals surface area contributed by atoms with E-state index in [-0.39, 0.29) is 12.5 Å². The first-order valence-corrected chi connectivity index (χ1v) is 11.4. The first-order valence-electron chi connectivity index (χ1n) is 9.75. The van der Waals surface area contributed by atoms with Gasteiger partial charge in [-0.25, -0.2) is 9.78 Å². The van der Waals surface area contributed by atoms with Gasteiger partial charge in [0.05, 0.1) is 15.9 Å². The van der Waals surface area contributed by atoms with Crippen LogP contribution in [0.4, 0.5) is 10.8 Å². The Bertz CT molecular complexity index is 1250. The molecule has 0 unspecified atom stereocenters. The summed E-state index contributed by atoms with van der Waals surface area (Å²) in [5.74, 6) is -0.611. The first-order chi connectivity index (χ1) is 15.0. The lowest BCUT2D eigenvalue weighted by Gasteiger charge is -2.18. The maximum absolute atomic E-state index is 12.6. The molecule has 0 atom stereocenters. The third-order valence-electron chi connectivity index (χ3n) is 4.85. The van der Waals surface area contributed by atoms with Crippen molar-refractivity contribution in [2.75, 3.05) is 4.90 Å². The van der Waals surface area contributed by atoms with E-state index < -0.39 is 5.97 Å². The van der Waals surface area contributed by atoms with Crippen LogP contribution in [0.1, 0.15) is 35.6 Å². The Morgan fingerprint density at radius 2 is 1.90 bits per heavy atom. The van der Waals surface area contributed by atoms with Crippen molar-refractivity contribution in [3.05, 3.63) is 75.3 Å². The number of aromatic nitrogens is 2. The van der Waals surface area contributed by atoms with Crippen LogP contribution in [0.3, 0.4) is 0 Å². The van der Waals surface area contributed by atoms with Gasteiger partial charge in [-0.05, 0) is 46.1 Å². The third-order valence-corrected chi connectivity index (χ3v) is 6.54. The fourth-order valence-electron chi connectivity index (χ4n) is 3.23. The summed E-state index contributed by atoms with van der Waals surface area (Å²) in [6, 6.07) is 15.4. The zero-order chi connectivity index (χ0) is 22.0. The number of thiazole rings is 1. The number of fused-ring (bicyclic) bond motifs is 1. The van der Waals surface area contributed by atoms with Crippen LogP contribution in [0, 0.1) is 0 Å². The van der Waals surface area contributed by atoms with Gasteiger partial charge < -0.3 is 9.72 Å². The van der Waals surface area contributed by atoms with Gasteiger partial charge in [-0.2, -0.15) is 0 Å². The molecule has 8 heteroatoms. The molecule has 2 heterocycles. The van der Waals surface area contributed by atoms with Gasteiger partial charge in [0.2, 0.25) is 5.91 Å². The van der Waals surface area contributed by atoms with Crippen LogP contribution in [0.25, 0.3) is 10.9 Å². The lowest BCUT2D eigenvalue weighted by molar-refractivity contribution is -0.115. The zero-order valence-corrected chi connectivity index (χ0v) is 19.4. The Kier molecular flexibility index (Phi) is 6.20. The van der Waals surface area contributed by atoms with E-state index in [1.54, 1.807) is 10.3 Å². The molecule has 0 radical (unpaired) electrons. The van der Waals surface area contributed by atoms with Gasteiger partial charge in [-0.3, -0.25) is 9.69 Å². The van der Waals surface area contributed by atoms with E-state index in [9.17, 15) is 9.59 Å². The Morgan fingerprint density at radius 1 is 1.16 bits per heavy atom. The van der Waals surface area contributed by atoms with Gasteiger partial charge >= 0.3 is 5.97 Å². The van der Waals surface area contributed by atoms with Crippen molar-refractivity contribution in [1.82, 2.24) is 9.97 Å². The topological polar surface area (TPSA) is 75.3 Å². The average Bonchev–Trinajstić information content (AvgIpc) is 3.37. The number of benzene rings is 2. The second kappa shape index (κ2) is 9.03. The minimum Gasteiger partial charge on any atom is -0.454 e. The summed E-state index contributed by atoms with van der Waals surface area (Å²) in [7, 11) is 0. The van der Waals surface area contributed by atoms with Gasteiger partial charge in [0.15, 0.2) is 5.13 Å². The van der Waals surface area contributed by atoms with Crippen molar-refractivity contribution >= 4 is 60.9 Å². The van der Waals surface area contributed by atoms with Gasteiger partial charge in [-0.15, -0.1) is 11.3 Å². The fraction of sp³-hybridized carbons (Fsp3) is 0.174. The molecule has 0 spiro atoms. The molecule has 0 saturated heterocycles. The van der Waals surface area contributed by atoms with E-state index >= 15 is 0 Å². The number of H-pyrrole nitrogens is 1. The van der Waals surface area contributed by atoms with E-state index in [1.165, 1.54) is 23.8 Å². The van der Waals surface area contributed by atoms with E-state index in [4.69, 9.17) is 4.74 Å². The van der Waals surface area contributed by atoms with Crippen LogP contribution in [0.2, 0.25) is 0 Å². The number of nitrogens with one attached hydrogen (secondary N) is 1. The van der Waals surface area contributed by atoms with Crippen LogP contribution >= 0.6 is 27.3 Å². The van der Waals surface area contributed by atoms with E-state index in [0.29, 0.717) is 21.0 Å². The Morgan fingerprint density at radius 3 is 2.58 bits per heavy atom. The highest BCUT2D eigenvalue weighted by Crippen LogP contribution is 2.30. The largest absolute Gasteiger partial charge is 0.454 e. The number of carbonyl (C=O) groups is 2. The van der Waals surface area contributed by atoms with Gasteiger partial charge in [-0.1, -0.05) is 37.3 Å². The number of aryl methyl sites for hydroxylation is 1. The molecule has 0 fully saturated rings. The molecule has 0 aliphatic heterocycles. The minimum atomic E-state index is -0.476. The smallest absolute Gasteiger partial charge is 0.356 e. The number of aromatic amines is 1. The number of amides is 1. The van der Waals surface area contributed by atoms with Crippen LogP contribution in [-0.4, -0.2) is 21.8 Å². The molecule has 158 valence electrons. The Hall–Kier alpha value is -2.97. The van der Waals surface area contributed by atoms with Crippen molar-refractivity contribution in [3.8, 4) is 0 Å². The lowest BCUT2D eigenvalue weighted by atomic mass is 10.1. The van der Waals surface area contributed by atoms with Crippen molar-refractivity contribution in [1.29, 1.82) is 0 Å². The highest BCUT2D eigenvalue weighted by atomic mass is 79.9. The summed E-state index contributed by atoms with van der Waals surface area (Å²) in [6.07, 6.45) is 0.930. The fourth-order valence-corrected chi connectivity index (χ4v) is 4.71. The number of rotatable bonds is 6. The first kappa shape index (κ1) is 21.3. The molecule has 0 aliphatic rings. The molecule has 2 aromatic carbocycles. The van der Waals surface area contributed by atoms with E-state index in [0.717, 1.165) is 23.0 Å². The maximum atomic E-state index is 12.6. The second-order valence-electron chi connectivity index (χ2n) is 6.93. The predicted molar refractivity (Wildman–Crippen MR) is 126 cm³/mol. The summed E-state index contributed by atoms with van der Waals surface area (Å²) in [5, 5.41) is 3.24. The number of ether oxygens (including phenoxy) is 1. The lowest BCUT2D eigenvalue weighted by Crippen LogP contribution is -2.22. The third kappa shape index (κ3) is 4.40. The molecular formula is C23H20BrN3O3S. The standard InChI is InChI=1S/C23H20BrN3O3S/c1-3-15-8-10-17(11-9-15)27(14(2)28)23-25-16(13-31-23)12-30-22(29)21-20(24)18-6-4-5-7-19(18)26-21/h4-11,13,26H,3,12H2,1-2H3. The summed E-state index contributed by atoms with van der Waals surface area (Å²) < 4.78 is 6.13. The number of nitrogens with zero attached hydrogens (tertiary/aromatic N) is 2. The Balaban J connectivity index is 1.49. The maximum Gasteiger partial charge on any atom is 0.356 e. The summed E-state index contributed by atoms with van der Waals surface area (Å²) in [4.78, 5) is 34.0. The van der Waals surface area contributed by atoms with Crippen LogP contribution in [-0.2, 0) is 22.6 Å². The SMILES string of the molecule is CCc1ccc(N(C(C)=O)c2nc(COC(=O)c3[nH]c4ccccc4c3Br)cs2)cc1. The molecule has 0 bridgehead atoms. The molecule has 6 nitrogen and oxygen atoms in total. The zero-order valence-electron chi connectivity index (χ0n) is 17.0. The van der Waals surface area contributed by atoms with Gasteiger partial charge in [0.25, 0.3) is 0 Å². The number of hydrogen-bond acceptors (Lipinski definition) is 5. The quantitative estimate of drug-likeness (QED) is 0.332. The number of carbonyl (C=O) groups excluding carboxylic acids is 2. The van der Waals surface area contributed by atoms with Crippen molar-refractivity contribution in [3.63, 3.8) is 0 Å². The number of anilines is 2. The molecule has 1 amide bonds. The average molecular weight is 498 g/mol. The van der Waals surface area contributed by atoms with Gasteiger partial charge in [0.1, 0.15) is 12.3 Å². The molecular weight excluding hydrogens is 478 g/mol. The predicted octanol–water partition coefficient (Wildman–Crippen LogP) is 5.99. The van der Waals surface area contributed by atoms with Crippen molar-refractivity contribution in [2.45, 2.75) is 26.9 Å². The monoisotopic (exact) mass is 497 g/mol. The number of hydrogen-bond donors (Lipinski definition) is 1. The van der Waals surface area contributed by atoms with Crippen molar-refractivity contribution < 1.29 is 14.3 Å². The normalized spacial score (nSPS) is 10.9. The van der Waals surface area contributed by atoms with Crippen molar-refractivity contribution in [2.24, 2.45) is 0 Å². The van der Waals surface area contributed by atoms with E-state index in [2.05, 4.69) is 32.8 Å². The Labute approximate surface area is 192 Å². The van der Waals surface area contributed by atoms with Crippen LogP contribution < -0.4 is 4.90 Å². The summed E-state index contributed by atoms with van der Waals surface area (Å²) >= 11 is 4.79. The molecule has 1 N–H and O–H groups in total. The van der Waals surface area contributed by atoms with Gasteiger partial charge in [0, 0.05) is 23.2 Å². The number of para-hydroxylation sites is 1. The van der Waals surface area contributed by atoms with Crippen LogP contribution in [0.5, 0.6) is 0 Å². The molecule has 2 aromatic heterocycles. The molecule has 0 aliphatic carbocycles. The molecule has 4 rings (SSSR count). The second-order valence-corrected chi connectivity index (χ2v) is 8.56. The molecule has 31 heavy (non-hydrogen) atoms. The number of esters is 1. The summed E-state index contributed by atoms with van der Waals surface area (Å²) in [5.41, 5.74) is 3.74. The van der Waals surface area contributed by atoms with E-state index in [1.807, 2.05) is 48.5 Å². The van der Waals surface area contributed by atoms with Crippen LogP contribution in [0.15, 0.2) is 58.4 Å². The highest BCUT2D eigenvalue weighted by molar-refractivity contribution is 9.10.